The standard InChI is InChI=1S/C14H17NS/c1-3-7-13(15-4-2)12-10-16-14-9-6-5-8-11(12)14/h1,5-6,8-9,12-13,15H,4,7,10H2,2H3. The fraction of sp³-hybridized carbons (Fsp3) is 0.429. The molecule has 0 aliphatic carbocycles. The summed E-state index contributed by atoms with van der Waals surface area (Å²) in [5.74, 6) is 4.51. The normalized spacial score (nSPS) is 20.1. The number of likely N-dealkylation sites (N-methyl/N-ethyl adjacent to an activating group) is 1. The van der Waals surface area contributed by atoms with E-state index in [9.17, 15) is 0 Å². The van der Waals surface area contributed by atoms with Gasteiger partial charge in [-0.3, -0.25) is 0 Å². The highest BCUT2D eigenvalue weighted by molar-refractivity contribution is 7.99. The summed E-state index contributed by atoms with van der Waals surface area (Å²) in [5, 5.41) is 3.51. The minimum atomic E-state index is 0.422. The summed E-state index contributed by atoms with van der Waals surface area (Å²) in [7, 11) is 0. The number of rotatable bonds is 4. The zero-order valence-corrected chi connectivity index (χ0v) is 10.4. The summed E-state index contributed by atoms with van der Waals surface area (Å²) in [6.07, 6.45) is 6.26. The second kappa shape index (κ2) is 5.43. The molecule has 0 saturated carbocycles. The van der Waals surface area contributed by atoms with Crippen molar-refractivity contribution in [2.24, 2.45) is 0 Å². The van der Waals surface area contributed by atoms with Crippen molar-refractivity contribution in [3.63, 3.8) is 0 Å². The number of thioether (sulfide) groups is 1. The first-order valence-electron chi connectivity index (χ1n) is 5.75. The molecule has 0 fully saturated rings. The first-order chi connectivity index (χ1) is 7.86. The molecule has 0 radical (unpaired) electrons. The van der Waals surface area contributed by atoms with Crippen LogP contribution in [0.4, 0.5) is 0 Å². The molecule has 16 heavy (non-hydrogen) atoms. The van der Waals surface area contributed by atoms with Crippen LogP contribution in [0.5, 0.6) is 0 Å². The Hall–Kier alpha value is -0.910. The molecule has 2 atom stereocenters. The monoisotopic (exact) mass is 231 g/mol. The van der Waals surface area contributed by atoms with Gasteiger partial charge in [-0.15, -0.1) is 24.1 Å². The second-order valence-corrected chi connectivity index (χ2v) is 5.09. The molecule has 1 aliphatic rings. The molecule has 0 spiro atoms. The van der Waals surface area contributed by atoms with Gasteiger partial charge in [0.15, 0.2) is 0 Å². The van der Waals surface area contributed by atoms with Crippen molar-refractivity contribution in [1.29, 1.82) is 0 Å². The average Bonchev–Trinajstić information content (AvgIpc) is 2.72. The van der Waals surface area contributed by atoms with Crippen LogP contribution in [-0.4, -0.2) is 18.3 Å². The third-order valence-electron chi connectivity index (χ3n) is 3.03. The summed E-state index contributed by atoms with van der Waals surface area (Å²) in [5.41, 5.74) is 1.47. The highest BCUT2D eigenvalue weighted by Crippen LogP contribution is 2.41. The Morgan fingerprint density at radius 1 is 1.56 bits per heavy atom. The van der Waals surface area contributed by atoms with Crippen LogP contribution in [0, 0.1) is 12.3 Å². The van der Waals surface area contributed by atoms with Crippen LogP contribution in [0.15, 0.2) is 29.2 Å². The van der Waals surface area contributed by atoms with Gasteiger partial charge in [0, 0.05) is 29.0 Å². The third-order valence-corrected chi connectivity index (χ3v) is 4.24. The van der Waals surface area contributed by atoms with Crippen molar-refractivity contribution < 1.29 is 0 Å². The second-order valence-electron chi connectivity index (χ2n) is 4.03. The van der Waals surface area contributed by atoms with Gasteiger partial charge in [0.1, 0.15) is 0 Å². The maximum absolute atomic E-state index is 5.45. The van der Waals surface area contributed by atoms with Crippen molar-refractivity contribution in [3.8, 4) is 12.3 Å². The molecular formula is C14H17NS. The lowest BCUT2D eigenvalue weighted by Crippen LogP contribution is -2.34. The van der Waals surface area contributed by atoms with Crippen LogP contribution in [0.3, 0.4) is 0 Å². The Morgan fingerprint density at radius 3 is 3.12 bits per heavy atom. The van der Waals surface area contributed by atoms with Gasteiger partial charge in [-0.05, 0) is 18.2 Å². The molecule has 0 bridgehead atoms. The summed E-state index contributed by atoms with van der Waals surface area (Å²) in [4.78, 5) is 1.42. The van der Waals surface area contributed by atoms with E-state index in [1.54, 1.807) is 0 Å². The lowest BCUT2D eigenvalue weighted by molar-refractivity contribution is 0.475. The predicted octanol–water partition coefficient (Wildman–Crippen LogP) is 2.88. The Morgan fingerprint density at radius 2 is 2.38 bits per heavy atom. The molecule has 1 heterocycles. The smallest absolute Gasteiger partial charge is 0.0253 e. The zero-order chi connectivity index (χ0) is 11.4. The van der Waals surface area contributed by atoms with Crippen LogP contribution in [0.1, 0.15) is 24.8 Å². The minimum absolute atomic E-state index is 0.422. The van der Waals surface area contributed by atoms with E-state index < -0.39 is 0 Å². The quantitative estimate of drug-likeness (QED) is 0.800. The van der Waals surface area contributed by atoms with Crippen LogP contribution in [-0.2, 0) is 0 Å². The fourth-order valence-electron chi connectivity index (χ4n) is 2.27. The van der Waals surface area contributed by atoms with Gasteiger partial charge in [-0.1, -0.05) is 25.1 Å². The van der Waals surface area contributed by atoms with Gasteiger partial charge >= 0.3 is 0 Å². The molecule has 1 aliphatic heterocycles. The highest BCUT2D eigenvalue weighted by atomic mass is 32.2. The van der Waals surface area contributed by atoms with E-state index in [0.717, 1.165) is 18.7 Å². The van der Waals surface area contributed by atoms with E-state index in [4.69, 9.17) is 6.42 Å². The summed E-state index contributed by atoms with van der Waals surface area (Å²) in [6, 6.07) is 9.10. The van der Waals surface area contributed by atoms with Crippen LogP contribution in [0.2, 0.25) is 0 Å². The molecule has 2 heteroatoms. The number of hydrogen-bond donors (Lipinski definition) is 1. The van der Waals surface area contributed by atoms with Gasteiger partial charge in [0.2, 0.25) is 0 Å². The van der Waals surface area contributed by atoms with Crippen LogP contribution >= 0.6 is 11.8 Å². The molecule has 0 saturated heterocycles. The SMILES string of the molecule is C#CCC(NCC)C1CSc2ccccc21. The van der Waals surface area contributed by atoms with Gasteiger partial charge in [-0.2, -0.15) is 0 Å². The number of benzene rings is 1. The highest BCUT2D eigenvalue weighted by Gasteiger charge is 2.28. The Balaban J connectivity index is 2.19. The topological polar surface area (TPSA) is 12.0 Å². The molecule has 0 aromatic heterocycles. The largest absolute Gasteiger partial charge is 0.313 e. The van der Waals surface area contributed by atoms with E-state index in [1.165, 1.54) is 10.5 Å². The molecule has 2 unspecified atom stereocenters. The maximum Gasteiger partial charge on any atom is 0.0253 e. The van der Waals surface area contributed by atoms with Crippen molar-refractivity contribution in [2.75, 3.05) is 12.3 Å². The Bertz CT molecular complexity index is 394. The maximum atomic E-state index is 5.45. The van der Waals surface area contributed by atoms with Crippen LogP contribution in [0.25, 0.3) is 0 Å². The van der Waals surface area contributed by atoms with E-state index in [0.29, 0.717) is 12.0 Å². The first-order valence-corrected chi connectivity index (χ1v) is 6.74. The minimum Gasteiger partial charge on any atom is -0.313 e. The molecule has 1 aromatic carbocycles. The number of terminal acetylenes is 1. The van der Waals surface area contributed by atoms with Crippen molar-refractivity contribution >= 4 is 11.8 Å². The Labute approximate surface area is 102 Å². The molecule has 1 N–H and O–H groups in total. The number of fused-ring (bicyclic) bond motifs is 1. The molecule has 1 nitrogen and oxygen atoms in total. The van der Waals surface area contributed by atoms with Crippen molar-refractivity contribution in [3.05, 3.63) is 29.8 Å². The lowest BCUT2D eigenvalue weighted by atomic mass is 9.91. The van der Waals surface area contributed by atoms with E-state index >= 15 is 0 Å². The summed E-state index contributed by atoms with van der Waals surface area (Å²) < 4.78 is 0. The number of hydrogen-bond acceptors (Lipinski definition) is 2. The van der Waals surface area contributed by atoms with Gasteiger partial charge < -0.3 is 5.32 Å². The lowest BCUT2D eigenvalue weighted by Gasteiger charge is -2.22. The van der Waals surface area contributed by atoms with Gasteiger partial charge in [0.05, 0.1) is 0 Å². The molecular weight excluding hydrogens is 214 g/mol. The first kappa shape index (κ1) is 11.6. The number of nitrogens with one attached hydrogen (secondary N) is 1. The fourth-order valence-corrected chi connectivity index (χ4v) is 3.60. The molecule has 0 amide bonds. The predicted molar refractivity (Wildman–Crippen MR) is 70.8 cm³/mol. The van der Waals surface area contributed by atoms with Gasteiger partial charge in [-0.25, -0.2) is 0 Å². The van der Waals surface area contributed by atoms with E-state index in [1.807, 2.05) is 11.8 Å². The van der Waals surface area contributed by atoms with Crippen molar-refractivity contribution in [2.45, 2.75) is 30.2 Å². The summed E-state index contributed by atoms with van der Waals surface area (Å²) in [6.45, 7) is 3.12. The molecule has 84 valence electrons. The molecule has 2 rings (SSSR count). The third kappa shape index (κ3) is 2.26. The van der Waals surface area contributed by atoms with Crippen LogP contribution < -0.4 is 5.32 Å². The summed E-state index contributed by atoms with van der Waals surface area (Å²) >= 11 is 1.95. The Kier molecular flexibility index (Phi) is 3.93. The van der Waals surface area contributed by atoms with E-state index in [2.05, 4.69) is 42.4 Å². The molecule has 1 aromatic rings. The zero-order valence-electron chi connectivity index (χ0n) is 9.57. The van der Waals surface area contributed by atoms with Gasteiger partial charge in [0.25, 0.3) is 0 Å². The van der Waals surface area contributed by atoms with E-state index in [-0.39, 0.29) is 0 Å². The van der Waals surface area contributed by atoms with Crippen molar-refractivity contribution in [1.82, 2.24) is 5.32 Å². The average molecular weight is 231 g/mol.